The molecule has 1 amide bonds. The van der Waals surface area contributed by atoms with E-state index in [1.165, 1.54) is 327 Å². The van der Waals surface area contributed by atoms with Crippen molar-refractivity contribution in [2.45, 2.75) is 405 Å². The summed E-state index contributed by atoms with van der Waals surface area (Å²) in [6, 6.07) is -0.807. The average Bonchev–Trinajstić information content (AvgIpc) is 3.39. The van der Waals surface area contributed by atoms with Gasteiger partial charge in [0.25, 0.3) is 0 Å². The van der Waals surface area contributed by atoms with Gasteiger partial charge in [0.15, 0.2) is 0 Å². The number of hydrogen-bond acceptors (Lipinski definition) is 4. The molecule has 0 radical (unpaired) electrons. The van der Waals surface area contributed by atoms with Gasteiger partial charge in [0.1, 0.15) is 6.10 Å². The van der Waals surface area contributed by atoms with Gasteiger partial charge in [-0.2, -0.15) is 0 Å². The summed E-state index contributed by atoms with van der Waals surface area (Å²) in [6.45, 7) is 4.24. The van der Waals surface area contributed by atoms with Gasteiger partial charge in [0.05, 0.1) is 18.8 Å². The monoisotopic (exact) mass is 1020 g/mol. The molecule has 0 saturated heterocycles. The maximum absolute atomic E-state index is 12.6. The summed E-state index contributed by atoms with van der Waals surface area (Å²) in [5.41, 5.74) is 0. The number of unbranched alkanes of at least 4 members (excludes halogenated alkanes) is 53. The van der Waals surface area contributed by atoms with Gasteiger partial charge < -0.3 is 20.6 Å². The molecule has 5 nitrogen and oxygen atoms in total. The SMILES string of the molecule is CCCCCCCCCCCCCCCC/C=C\CCCCCCCCCCCCCCCCCCCC(=O)NC(CO)C(O)C(O)CCCCCCCCCCCCCCCCCCCCCCCCC. The Kier molecular flexibility index (Phi) is 61.8. The van der Waals surface area contributed by atoms with Crippen LogP contribution in [-0.2, 0) is 4.79 Å². The highest BCUT2D eigenvalue weighted by atomic mass is 16.3. The van der Waals surface area contributed by atoms with E-state index < -0.39 is 18.2 Å². The van der Waals surface area contributed by atoms with Crippen molar-refractivity contribution in [3.8, 4) is 0 Å². The molecule has 0 spiro atoms. The van der Waals surface area contributed by atoms with Crippen molar-refractivity contribution in [3.05, 3.63) is 12.2 Å². The molecule has 72 heavy (non-hydrogen) atoms. The Bertz CT molecular complexity index is 1030. The van der Waals surface area contributed by atoms with Gasteiger partial charge in [0.2, 0.25) is 5.91 Å². The van der Waals surface area contributed by atoms with Gasteiger partial charge in [-0.3, -0.25) is 4.79 Å². The average molecular weight is 1020 g/mol. The van der Waals surface area contributed by atoms with Gasteiger partial charge in [-0.25, -0.2) is 0 Å². The van der Waals surface area contributed by atoms with Crippen LogP contribution in [-0.4, -0.2) is 46.1 Å². The van der Waals surface area contributed by atoms with Crippen LogP contribution in [0.2, 0.25) is 0 Å². The minimum Gasteiger partial charge on any atom is -0.394 e. The lowest BCUT2D eigenvalue weighted by molar-refractivity contribution is -0.124. The minimum absolute atomic E-state index is 0.136. The van der Waals surface area contributed by atoms with Gasteiger partial charge in [-0.1, -0.05) is 353 Å². The minimum atomic E-state index is -1.13. The van der Waals surface area contributed by atoms with E-state index in [2.05, 4.69) is 31.3 Å². The fourth-order valence-electron chi connectivity index (χ4n) is 11.0. The Balaban J connectivity index is 3.45. The molecule has 0 rings (SSSR count). The quantitative estimate of drug-likeness (QED) is 0.0361. The summed E-state index contributed by atoms with van der Waals surface area (Å²) in [5, 5.41) is 33.9. The highest BCUT2D eigenvalue weighted by Gasteiger charge is 2.26. The van der Waals surface area contributed by atoms with Gasteiger partial charge in [-0.15, -0.1) is 0 Å². The Morgan fingerprint density at radius 1 is 0.333 bits per heavy atom. The van der Waals surface area contributed by atoms with Crippen LogP contribution in [0.3, 0.4) is 0 Å². The number of amides is 1. The number of allylic oxidation sites excluding steroid dienone is 2. The molecule has 0 saturated carbocycles. The number of rotatable bonds is 63. The van der Waals surface area contributed by atoms with E-state index in [4.69, 9.17) is 0 Å². The van der Waals surface area contributed by atoms with E-state index in [1.54, 1.807) is 0 Å². The first kappa shape index (κ1) is 71.1. The largest absolute Gasteiger partial charge is 0.394 e. The Labute approximate surface area is 452 Å². The van der Waals surface area contributed by atoms with E-state index in [-0.39, 0.29) is 12.5 Å². The molecule has 0 aliphatic rings. The molecule has 0 aromatic heterocycles. The lowest BCUT2D eigenvalue weighted by atomic mass is 9.99. The zero-order chi connectivity index (χ0) is 52.2. The number of aliphatic hydroxyl groups is 3. The number of carbonyl (C=O) groups excluding carboxylic acids is 1. The third-order valence-electron chi connectivity index (χ3n) is 16.1. The fourth-order valence-corrected chi connectivity index (χ4v) is 11.0. The molecule has 5 heteroatoms. The van der Waals surface area contributed by atoms with Crippen molar-refractivity contribution in [1.82, 2.24) is 5.32 Å². The summed E-state index contributed by atoms with van der Waals surface area (Å²) in [4.78, 5) is 12.6. The van der Waals surface area contributed by atoms with E-state index in [0.29, 0.717) is 12.8 Å². The summed E-state index contributed by atoms with van der Waals surface area (Å²) in [7, 11) is 0. The first-order valence-corrected chi connectivity index (χ1v) is 33.5. The van der Waals surface area contributed by atoms with Crippen molar-refractivity contribution < 1.29 is 20.1 Å². The third-order valence-corrected chi connectivity index (χ3v) is 16.1. The van der Waals surface area contributed by atoms with Crippen molar-refractivity contribution in [2.24, 2.45) is 0 Å². The second-order valence-corrected chi connectivity index (χ2v) is 23.4. The molecule has 0 bridgehead atoms. The molecule has 4 N–H and O–H groups in total. The number of nitrogens with one attached hydrogen (secondary N) is 1. The lowest BCUT2D eigenvalue weighted by Crippen LogP contribution is -2.50. The smallest absolute Gasteiger partial charge is 0.220 e. The normalized spacial score (nSPS) is 13.1. The Morgan fingerprint density at radius 3 is 0.806 bits per heavy atom. The van der Waals surface area contributed by atoms with Crippen molar-refractivity contribution in [1.29, 1.82) is 0 Å². The van der Waals surface area contributed by atoms with Gasteiger partial charge in [0, 0.05) is 6.42 Å². The first-order valence-electron chi connectivity index (χ1n) is 33.5. The Morgan fingerprint density at radius 2 is 0.556 bits per heavy atom. The number of carbonyl (C=O) groups is 1. The van der Waals surface area contributed by atoms with Crippen LogP contribution < -0.4 is 5.32 Å². The van der Waals surface area contributed by atoms with E-state index in [9.17, 15) is 20.1 Å². The third kappa shape index (κ3) is 56.8. The van der Waals surface area contributed by atoms with Crippen LogP contribution in [0, 0.1) is 0 Å². The van der Waals surface area contributed by atoms with Gasteiger partial charge in [-0.05, 0) is 38.5 Å². The molecule has 0 aliphatic heterocycles. The fraction of sp³-hybridized carbons (Fsp3) is 0.955. The second kappa shape index (κ2) is 62.6. The summed E-state index contributed by atoms with van der Waals surface area (Å²) < 4.78 is 0. The maximum atomic E-state index is 12.6. The van der Waals surface area contributed by atoms with E-state index >= 15 is 0 Å². The molecule has 0 aromatic rings. The van der Waals surface area contributed by atoms with Crippen LogP contribution in [0.4, 0.5) is 0 Å². The molecule has 0 aliphatic carbocycles. The topological polar surface area (TPSA) is 89.8 Å². The van der Waals surface area contributed by atoms with Crippen LogP contribution >= 0.6 is 0 Å². The molecule has 0 fully saturated rings. The number of aliphatic hydroxyl groups excluding tert-OH is 3. The van der Waals surface area contributed by atoms with Crippen LogP contribution in [0.15, 0.2) is 12.2 Å². The summed E-state index contributed by atoms with van der Waals surface area (Å²) in [5.74, 6) is -0.136. The van der Waals surface area contributed by atoms with Gasteiger partial charge >= 0.3 is 0 Å². The van der Waals surface area contributed by atoms with Crippen LogP contribution in [0.1, 0.15) is 386 Å². The number of hydrogen-bond donors (Lipinski definition) is 4. The molecule has 3 unspecified atom stereocenters. The molecule has 0 aromatic carbocycles. The van der Waals surface area contributed by atoms with E-state index in [1.807, 2.05) is 0 Å². The van der Waals surface area contributed by atoms with Crippen LogP contribution in [0.5, 0.6) is 0 Å². The second-order valence-electron chi connectivity index (χ2n) is 23.4. The Hall–Kier alpha value is -0.910. The summed E-state index contributed by atoms with van der Waals surface area (Å²) >= 11 is 0. The molecule has 0 heterocycles. The zero-order valence-electron chi connectivity index (χ0n) is 49.4. The van der Waals surface area contributed by atoms with Crippen molar-refractivity contribution in [2.75, 3.05) is 6.61 Å². The molecular weight excluding hydrogens is 883 g/mol. The van der Waals surface area contributed by atoms with Crippen molar-refractivity contribution in [3.63, 3.8) is 0 Å². The van der Waals surface area contributed by atoms with E-state index in [0.717, 1.165) is 32.1 Å². The highest BCUT2D eigenvalue weighted by Crippen LogP contribution is 2.19. The van der Waals surface area contributed by atoms with Crippen molar-refractivity contribution >= 4 is 5.91 Å². The predicted octanol–water partition coefficient (Wildman–Crippen LogP) is 21.4. The molecular formula is C67H133NO4. The lowest BCUT2D eigenvalue weighted by Gasteiger charge is -2.26. The molecule has 3 atom stereocenters. The molecule has 430 valence electrons. The maximum Gasteiger partial charge on any atom is 0.220 e. The summed E-state index contributed by atoms with van der Waals surface area (Å²) in [6.07, 6.45) is 79.9. The standard InChI is InChI=1S/C67H133NO4/c1-3-5-7-9-11-13-15-17-19-21-23-25-27-28-29-30-31-32-33-34-35-36-37-38-40-42-44-46-48-50-52-54-56-58-60-62-66(71)68-64(63-69)67(72)65(70)61-59-57-55-53-51-49-47-45-43-41-39-26-24-22-20-18-16-14-12-10-8-6-4-2/h30-31,64-65,67,69-70,72H,3-29,32-63H2,1-2H3,(H,68,71)/b31-30-. The first-order chi connectivity index (χ1) is 35.6. The van der Waals surface area contributed by atoms with Crippen LogP contribution in [0.25, 0.3) is 0 Å². The highest BCUT2D eigenvalue weighted by molar-refractivity contribution is 5.76. The predicted molar refractivity (Wildman–Crippen MR) is 319 cm³/mol. The zero-order valence-corrected chi connectivity index (χ0v) is 49.4.